The van der Waals surface area contributed by atoms with Crippen molar-refractivity contribution in [2.75, 3.05) is 44.2 Å². The molecule has 0 bridgehead atoms. The van der Waals surface area contributed by atoms with Crippen molar-refractivity contribution in [2.24, 2.45) is 5.92 Å². The van der Waals surface area contributed by atoms with Crippen LogP contribution in [0, 0.1) is 5.92 Å². The molecule has 0 radical (unpaired) electrons. The van der Waals surface area contributed by atoms with Crippen LogP contribution in [0.4, 0.5) is 5.95 Å². The summed E-state index contributed by atoms with van der Waals surface area (Å²) in [5, 5.41) is 0. The number of hydrogen-bond acceptors (Lipinski definition) is 5. The molecule has 7 heteroatoms. The first-order chi connectivity index (χ1) is 11.5. The van der Waals surface area contributed by atoms with Crippen LogP contribution in [0.2, 0.25) is 0 Å². The second kappa shape index (κ2) is 7.15. The lowest BCUT2D eigenvalue weighted by Crippen LogP contribution is -2.48. The Morgan fingerprint density at radius 2 is 1.71 bits per heavy atom. The van der Waals surface area contributed by atoms with E-state index < -0.39 is 0 Å². The number of likely N-dealkylation sites (tertiary alicyclic amines) is 1. The van der Waals surface area contributed by atoms with Crippen molar-refractivity contribution in [3.05, 3.63) is 18.0 Å². The molecule has 0 saturated carbocycles. The first-order valence-corrected chi connectivity index (χ1v) is 8.67. The fraction of sp³-hybridized carbons (Fsp3) is 0.647. The third kappa shape index (κ3) is 3.66. The monoisotopic (exact) mass is 331 g/mol. The van der Waals surface area contributed by atoms with Gasteiger partial charge in [0.05, 0.1) is 0 Å². The Hall–Kier alpha value is -2.18. The van der Waals surface area contributed by atoms with Crippen LogP contribution in [-0.4, -0.2) is 70.9 Å². The summed E-state index contributed by atoms with van der Waals surface area (Å²) in [6.07, 6.45) is 3.76. The van der Waals surface area contributed by atoms with Gasteiger partial charge >= 0.3 is 0 Å². The van der Waals surface area contributed by atoms with Gasteiger partial charge < -0.3 is 14.7 Å². The molecule has 1 aromatic heterocycles. The third-order valence-corrected chi connectivity index (χ3v) is 4.94. The Morgan fingerprint density at radius 1 is 1.04 bits per heavy atom. The molecule has 0 atom stereocenters. The number of hydrogen-bond donors (Lipinski definition) is 0. The highest BCUT2D eigenvalue weighted by Gasteiger charge is 2.24. The molecule has 0 aromatic carbocycles. The summed E-state index contributed by atoms with van der Waals surface area (Å²) < 4.78 is 0. The van der Waals surface area contributed by atoms with E-state index in [1.807, 2.05) is 14.7 Å². The van der Waals surface area contributed by atoms with E-state index in [0.29, 0.717) is 43.7 Å². The quantitative estimate of drug-likeness (QED) is 0.809. The summed E-state index contributed by atoms with van der Waals surface area (Å²) in [4.78, 5) is 38.6. The van der Waals surface area contributed by atoms with Crippen LogP contribution in [0.15, 0.2) is 12.3 Å². The van der Waals surface area contributed by atoms with E-state index in [0.717, 1.165) is 25.9 Å². The second-order valence-electron chi connectivity index (χ2n) is 6.71. The van der Waals surface area contributed by atoms with Gasteiger partial charge in [-0.25, -0.2) is 9.97 Å². The first-order valence-electron chi connectivity index (χ1n) is 8.67. The van der Waals surface area contributed by atoms with E-state index in [1.165, 1.54) is 0 Å². The molecule has 130 valence electrons. The average molecular weight is 331 g/mol. The van der Waals surface area contributed by atoms with Gasteiger partial charge in [-0.15, -0.1) is 0 Å². The minimum Gasteiger partial charge on any atom is -0.339 e. The topological polar surface area (TPSA) is 69.6 Å². The predicted octanol–water partition coefficient (Wildman–Crippen LogP) is 1.02. The minimum atomic E-state index is -0.00655. The minimum absolute atomic E-state index is 0.00655. The number of rotatable bonds is 2. The summed E-state index contributed by atoms with van der Waals surface area (Å²) in [7, 11) is 0. The van der Waals surface area contributed by atoms with Crippen LogP contribution in [-0.2, 0) is 4.79 Å². The van der Waals surface area contributed by atoms with Crippen LogP contribution < -0.4 is 4.90 Å². The molecular weight excluding hydrogens is 306 g/mol. The molecule has 2 fully saturated rings. The number of piperidine rings is 1. The molecule has 24 heavy (non-hydrogen) atoms. The number of aromatic nitrogens is 2. The maximum Gasteiger partial charge on any atom is 0.272 e. The van der Waals surface area contributed by atoms with Gasteiger partial charge in [0.2, 0.25) is 11.9 Å². The van der Waals surface area contributed by atoms with Gasteiger partial charge in [0.25, 0.3) is 5.91 Å². The average Bonchev–Trinajstić information content (AvgIpc) is 2.62. The lowest BCUT2D eigenvalue weighted by atomic mass is 9.99. The number of nitrogens with zero attached hydrogens (tertiary/aromatic N) is 5. The van der Waals surface area contributed by atoms with Crippen LogP contribution >= 0.6 is 0 Å². The van der Waals surface area contributed by atoms with Gasteiger partial charge in [-0.05, 0) is 24.8 Å². The van der Waals surface area contributed by atoms with Gasteiger partial charge in [0.15, 0.2) is 0 Å². The van der Waals surface area contributed by atoms with Gasteiger partial charge in [-0.1, -0.05) is 6.92 Å². The molecule has 0 aliphatic carbocycles. The lowest BCUT2D eigenvalue weighted by Gasteiger charge is -2.34. The van der Waals surface area contributed by atoms with E-state index in [2.05, 4.69) is 16.9 Å². The molecule has 0 N–H and O–H groups in total. The summed E-state index contributed by atoms with van der Waals surface area (Å²) >= 11 is 0. The fourth-order valence-electron chi connectivity index (χ4n) is 3.21. The van der Waals surface area contributed by atoms with Crippen molar-refractivity contribution >= 4 is 17.8 Å². The maximum atomic E-state index is 12.6. The van der Waals surface area contributed by atoms with Crippen molar-refractivity contribution in [2.45, 2.75) is 26.7 Å². The summed E-state index contributed by atoms with van der Waals surface area (Å²) in [5.41, 5.74) is 0.462. The largest absolute Gasteiger partial charge is 0.339 e. The first kappa shape index (κ1) is 16.7. The number of carbonyl (C=O) groups excluding carboxylic acids is 2. The molecule has 2 aliphatic heterocycles. The van der Waals surface area contributed by atoms with Crippen molar-refractivity contribution in [3.63, 3.8) is 0 Å². The number of piperazine rings is 1. The van der Waals surface area contributed by atoms with E-state index in [-0.39, 0.29) is 11.8 Å². The SMILES string of the molecule is CC(=O)N1CCN(c2nccc(C(=O)N3CCC(C)CC3)n2)CC1. The lowest BCUT2D eigenvalue weighted by molar-refractivity contribution is -0.129. The maximum absolute atomic E-state index is 12.6. The molecule has 1 aromatic rings. The predicted molar refractivity (Wildman–Crippen MR) is 90.8 cm³/mol. The van der Waals surface area contributed by atoms with Crippen molar-refractivity contribution in [1.29, 1.82) is 0 Å². The van der Waals surface area contributed by atoms with Gasteiger partial charge in [-0.3, -0.25) is 9.59 Å². The number of anilines is 1. The molecule has 7 nitrogen and oxygen atoms in total. The Balaban J connectivity index is 1.66. The van der Waals surface area contributed by atoms with Crippen LogP contribution in [0.25, 0.3) is 0 Å². The summed E-state index contributed by atoms with van der Waals surface area (Å²) in [6.45, 7) is 8.14. The molecular formula is C17H25N5O2. The molecule has 0 unspecified atom stereocenters. The smallest absolute Gasteiger partial charge is 0.272 e. The zero-order chi connectivity index (χ0) is 17.1. The van der Waals surface area contributed by atoms with Crippen LogP contribution in [0.3, 0.4) is 0 Å². The molecule has 2 saturated heterocycles. The third-order valence-electron chi connectivity index (χ3n) is 4.94. The molecule has 3 rings (SSSR count). The van der Waals surface area contributed by atoms with E-state index >= 15 is 0 Å². The highest BCUT2D eigenvalue weighted by Crippen LogP contribution is 2.18. The van der Waals surface area contributed by atoms with E-state index in [1.54, 1.807) is 19.2 Å². The van der Waals surface area contributed by atoms with Crippen LogP contribution in [0.1, 0.15) is 37.2 Å². The van der Waals surface area contributed by atoms with E-state index in [4.69, 9.17) is 0 Å². The molecule has 2 amide bonds. The molecule has 3 heterocycles. The standard InChI is InChI=1S/C17H25N5O2/c1-13-4-7-21(8-5-13)16(24)15-3-6-18-17(19-15)22-11-9-20(10-12-22)14(2)23/h3,6,13H,4-5,7-12H2,1-2H3. The van der Waals surface area contributed by atoms with Crippen molar-refractivity contribution < 1.29 is 9.59 Å². The number of amides is 2. The van der Waals surface area contributed by atoms with Gasteiger partial charge in [0.1, 0.15) is 5.69 Å². The molecule has 0 spiro atoms. The van der Waals surface area contributed by atoms with Gasteiger partial charge in [-0.2, -0.15) is 0 Å². The second-order valence-corrected chi connectivity index (χ2v) is 6.71. The zero-order valence-corrected chi connectivity index (χ0v) is 14.4. The highest BCUT2D eigenvalue weighted by molar-refractivity contribution is 5.92. The Morgan fingerprint density at radius 3 is 2.33 bits per heavy atom. The zero-order valence-electron chi connectivity index (χ0n) is 14.4. The normalized spacial score (nSPS) is 19.5. The fourth-order valence-corrected chi connectivity index (χ4v) is 3.21. The summed E-state index contributed by atoms with van der Waals surface area (Å²) in [6, 6.07) is 1.69. The number of carbonyl (C=O) groups is 2. The molecule has 2 aliphatic rings. The highest BCUT2D eigenvalue weighted by atomic mass is 16.2. The Labute approximate surface area is 142 Å². The van der Waals surface area contributed by atoms with Crippen LogP contribution in [0.5, 0.6) is 0 Å². The Kier molecular flexibility index (Phi) is 4.97. The van der Waals surface area contributed by atoms with Crippen molar-refractivity contribution in [1.82, 2.24) is 19.8 Å². The Bertz CT molecular complexity index is 605. The summed E-state index contributed by atoms with van der Waals surface area (Å²) in [5.74, 6) is 1.36. The van der Waals surface area contributed by atoms with E-state index in [9.17, 15) is 9.59 Å². The van der Waals surface area contributed by atoms with Crippen molar-refractivity contribution in [3.8, 4) is 0 Å². The van der Waals surface area contributed by atoms with Gasteiger partial charge in [0, 0.05) is 52.4 Å².